The van der Waals surface area contributed by atoms with Crippen molar-refractivity contribution in [3.8, 4) is 0 Å². The summed E-state index contributed by atoms with van der Waals surface area (Å²) in [6.07, 6.45) is 0. The van der Waals surface area contributed by atoms with E-state index in [0.29, 0.717) is 37.0 Å². The summed E-state index contributed by atoms with van der Waals surface area (Å²) < 4.78 is 5.45. The molecule has 1 unspecified atom stereocenters. The van der Waals surface area contributed by atoms with Crippen molar-refractivity contribution in [2.75, 3.05) is 25.5 Å². The highest BCUT2D eigenvalue weighted by atomic mass is 35.5. The number of morpholine rings is 1. The fraction of sp³-hybridized carbons (Fsp3) is 0.533. The molecule has 2 rings (SSSR count). The molecule has 0 bridgehead atoms. The zero-order chi connectivity index (χ0) is 15.4. The SMILES string of the molecule is CC(C)NC(=O)C1COCCN1Cc1ccc(Cl)cc1N. The number of anilines is 1. The second kappa shape index (κ2) is 7.11. The molecule has 5 nitrogen and oxygen atoms in total. The van der Waals surface area contributed by atoms with E-state index in [4.69, 9.17) is 22.1 Å². The normalized spacial score (nSPS) is 19.7. The minimum atomic E-state index is -0.281. The lowest BCUT2D eigenvalue weighted by molar-refractivity contribution is -0.133. The number of rotatable bonds is 4. The molecule has 1 aliphatic heterocycles. The van der Waals surface area contributed by atoms with E-state index in [1.807, 2.05) is 26.0 Å². The van der Waals surface area contributed by atoms with Gasteiger partial charge in [-0.3, -0.25) is 9.69 Å². The molecule has 0 saturated carbocycles. The molecule has 116 valence electrons. The van der Waals surface area contributed by atoms with Crippen LogP contribution in [0.1, 0.15) is 19.4 Å². The lowest BCUT2D eigenvalue weighted by Crippen LogP contribution is -2.54. The van der Waals surface area contributed by atoms with Gasteiger partial charge >= 0.3 is 0 Å². The number of nitrogens with one attached hydrogen (secondary N) is 1. The van der Waals surface area contributed by atoms with Crippen LogP contribution in [0.25, 0.3) is 0 Å². The highest BCUT2D eigenvalue weighted by Crippen LogP contribution is 2.21. The lowest BCUT2D eigenvalue weighted by Gasteiger charge is -2.35. The monoisotopic (exact) mass is 311 g/mol. The van der Waals surface area contributed by atoms with Crippen LogP contribution in [0.5, 0.6) is 0 Å². The van der Waals surface area contributed by atoms with E-state index in [1.165, 1.54) is 0 Å². The molecule has 1 aromatic rings. The summed E-state index contributed by atoms with van der Waals surface area (Å²) >= 11 is 5.92. The molecule has 1 saturated heterocycles. The molecule has 1 fully saturated rings. The molecule has 1 atom stereocenters. The Morgan fingerprint density at radius 2 is 2.33 bits per heavy atom. The summed E-state index contributed by atoms with van der Waals surface area (Å²) in [5.41, 5.74) is 7.62. The maximum absolute atomic E-state index is 12.3. The van der Waals surface area contributed by atoms with Crippen LogP contribution in [0.4, 0.5) is 5.69 Å². The topological polar surface area (TPSA) is 67.6 Å². The fourth-order valence-corrected chi connectivity index (χ4v) is 2.56. The van der Waals surface area contributed by atoms with Crippen molar-refractivity contribution >= 4 is 23.2 Å². The predicted octanol–water partition coefficient (Wildman–Crippen LogP) is 1.65. The van der Waals surface area contributed by atoms with Crippen molar-refractivity contribution in [1.82, 2.24) is 10.2 Å². The summed E-state index contributed by atoms with van der Waals surface area (Å²) in [6, 6.07) is 5.29. The molecular weight excluding hydrogens is 290 g/mol. The van der Waals surface area contributed by atoms with Gasteiger partial charge in [0.05, 0.1) is 13.2 Å². The third-order valence-corrected chi connectivity index (χ3v) is 3.69. The molecule has 21 heavy (non-hydrogen) atoms. The van der Waals surface area contributed by atoms with Gasteiger partial charge in [-0.1, -0.05) is 17.7 Å². The van der Waals surface area contributed by atoms with Gasteiger partial charge in [0.1, 0.15) is 6.04 Å². The van der Waals surface area contributed by atoms with Crippen LogP contribution < -0.4 is 11.1 Å². The molecular formula is C15H22ClN3O2. The number of hydrogen-bond donors (Lipinski definition) is 2. The van der Waals surface area contributed by atoms with Crippen LogP contribution in [0.2, 0.25) is 5.02 Å². The lowest BCUT2D eigenvalue weighted by atomic mass is 10.1. The number of carbonyl (C=O) groups excluding carboxylic acids is 1. The first-order valence-electron chi connectivity index (χ1n) is 7.13. The molecule has 6 heteroatoms. The van der Waals surface area contributed by atoms with Crippen LogP contribution in [0.15, 0.2) is 18.2 Å². The summed E-state index contributed by atoms with van der Waals surface area (Å²) in [5, 5.41) is 3.56. The first-order chi connectivity index (χ1) is 9.97. The first-order valence-corrected chi connectivity index (χ1v) is 7.51. The van der Waals surface area contributed by atoms with Crippen molar-refractivity contribution in [3.05, 3.63) is 28.8 Å². The zero-order valence-corrected chi connectivity index (χ0v) is 13.2. The molecule has 1 aliphatic rings. The maximum atomic E-state index is 12.3. The fourth-order valence-electron chi connectivity index (χ4n) is 2.38. The van der Waals surface area contributed by atoms with Gasteiger partial charge in [-0.25, -0.2) is 0 Å². The Morgan fingerprint density at radius 1 is 1.57 bits per heavy atom. The Balaban J connectivity index is 2.09. The van der Waals surface area contributed by atoms with Gasteiger partial charge in [0, 0.05) is 29.8 Å². The second-order valence-electron chi connectivity index (χ2n) is 5.57. The Morgan fingerprint density at radius 3 is 3.00 bits per heavy atom. The average molecular weight is 312 g/mol. The van der Waals surface area contributed by atoms with Crippen molar-refractivity contribution < 1.29 is 9.53 Å². The van der Waals surface area contributed by atoms with Crippen LogP contribution in [-0.2, 0) is 16.1 Å². The predicted molar refractivity (Wildman–Crippen MR) is 84.2 cm³/mol. The zero-order valence-electron chi connectivity index (χ0n) is 12.4. The minimum Gasteiger partial charge on any atom is -0.398 e. The highest BCUT2D eigenvalue weighted by molar-refractivity contribution is 6.30. The Bertz CT molecular complexity index is 508. The number of hydrogen-bond acceptors (Lipinski definition) is 4. The molecule has 1 amide bonds. The van der Waals surface area contributed by atoms with E-state index >= 15 is 0 Å². The van der Waals surface area contributed by atoms with Crippen molar-refractivity contribution in [3.63, 3.8) is 0 Å². The van der Waals surface area contributed by atoms with Crippen LogP contribution in [0, 0.1) is 0 Å². The molecule has 0 radical (unpaired) electrons. The quantitative estimate of drug-likeness (QED) is 0.830. The number of nitrogen functional groups attached to an aromatic ring is 1. The van der Waals surface area contributed by atoms with Gasteiger partial charge in [0.2, 0.25) is 5.91 Å². The van der Waals surface area contributed by atoms with Crippen molar-refractivity contribution in [2.45, 2.75) is 32.5 Å². The van der Waals surface area contributed by atoms with Gasteiger partial charge in [0.25, 0.3) is 0 Å². The first kappa shape index (κ1) is 16.1. The molecule has 0 spiro atoms. The number of halogens is 1. The van der Waals surface area contributed by atoms with E-state index in [2.05, 4.69) is 10.2 Å². The van der Waals surface area contributed by atoms with Gasteiger partial charge < -0.3 is 15.8 Å². The van der Waals surface area contributed by atoms with E-state index in [0.717, 1.165) is 5.56 Å². The summed E-state index contributed by atoms with van der Waals surface area (Å²) in [7, 11) is 0. The number of amides is 1. The van der Waals surface area contributed by atoms with E-state index < -0.39 is 0 Å². The van der Waals surface area contributed by atoms with E-state index in [-0.39, 0.29) is 18.0 Å². The average Bonchev–Trinajstić information content (AvgIpc) is 2.41. The van der Waals surface area contributed by atoms with E-state index in [1.54, 1.807) is 6.07 Å². The van der Waals surface area contributed by atoms with E-state index in [9.17, 15) is 4.79 Å². The number of ether oxygens (including phenoxy) is 1. The molecule has 1 heterocycles. The van der Waals surface area contributed by atoms with Crippen molar-refractivity contribution in [2.24, 2.45) is 0 Å². The standard InChI is InChI=1S/C15H22ClN3O2/c1-10(2)18-15(20)14-9-21-6-5-19(14)8-11-3-4-12(16)7-13(11)17/h3-4,7,10,14H,5-6,8-9,17H2,1-2H3,(H,18,20). The van der Waals surface area contributed by atoms with Gasteiger partial charge in [-0.2, -0.15) is 0 Å². The highest BCUT2D eigenvalue weighted by Gasteiger charge is 2.29. The van der Waals surface area contributed by atoms with Crippen LogP contribution in [-0.4, -0.2) is 42.6 Å². The maximum Gasteiger partial charge on any atom is 0.239 e. The largest absolute Gasteiger partial charge is 0.398 e. The number of nitrogens with two attached hydrogens (primary N) is 1. The molecule has 1 aromatic carbocycles. The minimum absolute atomic E-state index is 0.00256. The van der Waals surface area contributed by atoms with Gasteiger partial charge in [-0.05, 0) is 31.5 Å². The van der Waals surface area contributed by atoms with Gasteiger partial charge in [-0.15, -0.1) is 0 Å². The smallest absolute Gasteiger partial charge is 0.239 e. The summed E-state index contributed by atoms with van der Waals surface area (Å²) in [5.74, 6) is -0.00256. The molecule has 3 N–H and O–H groups in total. The van der Waals surface area contributed by atoms with Crippen LogP contribution in [0.3, 0.4) is 0 Å². The third kappa shape index (κ3) is 4.33. The van der Waals surface area contributed by atoms with Crippen molar-refractivity contribution in [1.29, 1.82) is 0 Å². The summed E-state index contributed by atoms with van der Waals surface area (Å²) in [6.45, 7) is 6.25. The number of carbonyl (C=O) groups is 1. The summed E-state index contributed by atoms with van der Waals surface area (Å²) in [4.78, 5) is 14.4. The third-order valence-electron chi connectivity index (χ3n) is 3.45. The Labute approximate surface area is 130 Å². The second-order valence-corrected chi connectivity index (χ2v) is 6.00. The molecule has 0 aliphatic carbocycles. The Kier molecular flexibility index (Phi) is 5.45. The van der Waals surface area contributed by atoms with Crippen LogP contribution >= 0.6 is 11.6 Å². The molecule has 0 aromatic heterocycles. The Hall–Kier alpha value is -1.30. The number of nitrogens with zero attached hydrogens (tertiary/aromatic N) is 1. The number of benzene rings is 1. The van der Waals surface area contributed by atoms with Gasteiger partial charge in [0.15, 0.2) is 0 Å².